The Morgan fingerprint density at radius 2 is 1.69 bits per heavy atom. The summed E-state index contributed by atoms with van der Waals surface area (Å²) in [6.07, 6.45) is -0.596. The standard InChI is InChI=1S/C22H27FN4O5/c23-18-2-1-15(19(9-18)25-5-7-31-8-6-25)10-24-11-16-13-26(14-17(16)12-24)22(30)32-27-20(28)3-4-21(27)29/h1-4,9,16-17,28-29H,5-8,10-14H2. The van der Waals surface area contributed by atoms with Gasteiger partial charge in [0.1, 0.15) is 5.82 Å². The molecule has 0 saturated carbocycles. The van der Waals surface area contributed by atoms with Gasteiger partial charge >= 0.3 is 6.09 Å². The number of aromatic nitrogens is 1. The number of rotatable bonds is 4. The molecule has 2 aromatic rings. The quantitative estimate of drug-likeness (QED) is 0.735. The first-order chi connectivity index (χ1) is 15.5. The van der Waals surface area contributed by atoms with E-state index in [1.54, 1.807) is 11.0 Å². The number of benzene rings is 1. The van der Waals surface area contributed by atoms with Gasteiger partial charge in [-0.15, -0.1) is 4.73 Å². The summed E-state index contributed by atoms with van der Waals surface area (Å²) in [6.45, 7) is 6.34. The first-order valence-electron chi connectivity index (χ1n) is 10.9. The lowest BCUT2D eigenvalue weighted by molar-refractivity contribution is 0.0774. The highest BCUT2D eigenvalue weighted by Crippen LogP contribution is 2.34. The SMILES string of the molecule is O=C(On1c(O)ccc1O)N1CC2CN(Cc3ccc(F)cc3N3CCOCC3)CC2C1. The summed E-state index contributed by atoms with van der Waals surface area (Å²) in [4.78, 5) is 23.7. The van der Waals surface area contributed by atoms with Crippen molar-refractivity contribution in [2.24, 2.45) is 11.8 Å². The molecule has 2 N–H and O–H groups in total. The molecule has 4 heterocycles. The second-order valence-electron chi connectivity index (χ2n) is 8.69. The van der Waals surface area contributed by atoms with Crippen LogP contribution in [0.5, 0.6) is 11.8 Å². The lowest BCUT2D eigenvalue weighted by Crippen LogP contribution is -2.38. The number of carbonyl (C=O) groups is 1. The van der Waals surface area contributed by atoms with E-state index in [0.29, 0.717) is 42.9 Å². The number of anilines is 1. The predicted octanol–water partition coefficient (Wildman–Crippen LogP) is 1.49. The Bertz CT molecular complexity index is 959. The molecular formula is C22H27FN4O5. The maximum Gasteiger partial charge on any atom is 0.434 e. The van der Waals surface area contributed by atoms with Crippen LogP contribution in [0.1, 0.15) is 5.56 Å². The Hall–Kier alpha value is -2.98. The number of amides is 1. The van der Waals surface area contributed by atoms with Crippen LogP contribution in [0.4, 0.5) is 14.9 Å². The van der Waals surface area contributed by atoms with E-state index < -0.39 is 6.09 Å². The van der Waals surface area contributed by atoms with Gasteiger partial charge in [-0.1, -0.05) is 6.07 Å². The van der Waals surface area contributed by atoms with Crippen molar-refractivity contribution in [3.63, 3.8) is 0 Å². The van der Waals surface area contributed by atoms with E-state index in [1.807, 2.05) is 6.07 Å². The van der Waals surface area contributed by atoms with E-state index in [0.717, 1.165) is 44.0 Å². The number of hydrogen-bond donors (Lipinski definition) is 2. The highest BCUT2D eigenvalue weighted by atomic mass is 19.1. The van der Waals surface area contributed by atoms with Gasteiger partial charge in [-0.2, -0.15) is 0 Å². The maximum absolute atomic E-state index is 14.0. The van der Waals surface area contributed by atoms with Gasteiger partial charge in [-0.3, -0.25) is 4.90 Å². The van der Waals surface area contributed by atoms with E-state index >= 15 is 0 Å². The van der Waals surface area contributed by atoms with Crippen molar-refractivity contribution >= 4 is 11.8 Å². The minimum absolute atomic E-state index is 0.234. The Balaban J connectivity index is 1.20. The molecule has 2 unspecified atom stereocenters. The van der Waals surface area contributed by atoms with Crippen molar-refractivity contribution in [3.05, 3.63) is 41.7 Å². The van der Waals surface area contributed by atoms with Gasteiger partial charge in [0.05, 0.1) is 13.2 Å². The van der Waals surface area contributed by atoms with E-state index in [2.05, 4.69) is 9.80 Å². The monoisotopic (exact) mass is 446 g/mol. The molecule has 0 aliphatic carbocycles. The summed E-state index contributed by atoms with van der Waals surface area (Å²) in [7, 11) is 0. The van der Waals surface area contributed by atoms with Crippen LogP contribution in [0.3, 0.4) is 0 Å². The molecule has 3 aliphatic heterocycles. The number of aromatic hydroxyl groups is 2. The summed E-state index contributed by atoms with van der Waals surface area (Å²) in [5, 5.41) is 19.3. The smallest absolute Gasteiger partial charge is 0.434 e. The highest BCUT2D eigenvalue weighted by molar-refractivity contribution is 5.68. The van der Waals surface area contributed by atoms with Gasteiger partial charge < -0.3 is 29.6 Å². The number of fused-ring (bicyclic) bond motifs is 1. The van der Waals surface area contributed by atoms with Crippen molar-refractivity contribution in [2.45, 2.75) is 6.54 Å². The van der Waals surface area contributed by atoms with E-state index in [4.69, 9.17) is 9.57 Å². The molecule has 3 fully saturated rings. The van der Waals surface area contributed by atoms with Crippen LogP contribution in [0.2, 0.25) is 0 Å². The average molecular weight is 446 g/mol. The van der Waals surface area contributed by atoms with Crippen molar-refractivity contribution < 1.29 is 29.0 Å². The summed E-state index contributed by atoms with van der Waals surface area (Å²) >= 11 is 0. The molecule has 1 amide bonds. The number of morpholine rings is 1. The van der Waals surface area contributed by atoms with Crippen LogP contribution >= 0.6 is 0 Å². The fraction of sp³-hybridized carbons (Fsp3) is 0.500. The van der Waals surface area contributed by atoms with E-state index in [9.17, 15) is 19.4 Å². The van der Waals surface area contributed by atoms with Gasteiger partial charge in [-0.25, -0.2) is 9.18 Å². The number of halogens is 1. The number of nitrogens with zero attached hydrogens (tertiary/aromatic N) is 4. The Morgan fingerprint density at radius 1 is 1.03 bits per heavy atom. The van der Waals surface area contributed by atoms with Gasteiger partial charge in [0.2, 0.25) is 11.8 Å². The van der Waals surface area contributed by atoms with Crippen LogP contribution in [0.15, 0.2) is 30.3 Å². The topological polar surface area (TPSA) is 90.6 Å². The van der Waals surface area contributed by atoms with Crippen molar-refractivity contribution in [3.8, 4) is 11.8 Å². The Morgan fingerprint density at radius 3 is 2.34 bits per heavy atom. The average Bonchev–Trinajstić information content (AvgIpc) is 3.45. The van der Waals surface area contributed by atoms with Crippen molar-refractivity contribution in [1.82, 2.24) is 14.5 Å². The maximum atomic E-state index is 14.0. The van der Waals surface area contributed by atoms with E-state index in [1.165, 1.54) is 18.2 Å². The second-order valence-corrected chi connectivity index (χ2v) is 8.69. The summed E-state index contributed by atoms with van der Waals surface area (Å²) in [6, 6.07) is 7.50. The zero-order valence-corrected chi connectivity index (χ0v) is 17.7. The van der Waals surface area contributed by atoms with E-state index in [-0.39, 0.29) is 17.6 Å². The lowest BCUT2D eigenvalue weighted by Gasteiger charge is -2.31. The Labute approximate surface area is 185 Å². The third-order valence-electron chi connectivity index (χ3n) is 6.58. The van der Waals surface area contributed by atoms with Crippen molar-refractivity contribution in [1.29, 1.82) is 0 Å². The van der Waals surface area contributed by atoms with Crippen LogP contribution < -0.4 is 9.74 Å². The van der Waals surface area contributed by atoms with Crippen LogP contribution in [-0.2, 0) is 11.3 Å². The third kappa shape index (κ3) is 4.07. The molecule has 32 heavy (non-hydrogen) atoms. The molecule has 3 saturated heterocycles. The molecule has 2 atom stereocenters. The molecule has 0 bridgehead atoms. The molecule has 3 aliphatic rings. The van der Waals surface area contributed by atoms with Crippen molar-refractivity contribution in [2.75, 3.05) is 57.4 Å². The lowest BCUT2D eigenvalue weighted by atomic mass is 10.0. The largest absolute Gasteiger partial charge is 0.492 e. The first kappa shape index (κ1) is 20.9. The molecule has 1 aromatic carbocycles. The minimum Gasteiger partial charge on any atom is -0.492 e. The summed E-state index contributed by atoms with van der Waals surface area (Å²) < 4.78 is 20.1. The molecule has 9 nitrogen and oxygen atoms in total. The molecule has 1 aromatic heterocycles. The third-order valence-corrected chi connectivity index (χ3v) is 6.58. The minimum atomic E-state index is -0.596. The molecular weight excluding hydrogens is 419 g/mol. The number of ether oxygens (including phenoxy) is 1. The Kier molecular flexibility index (Phi) is 5.56. The number of likely N-dealkylation sites (tertiary alicyclic amines) is 2. The molecule has 0 radical (unpaired) electrons. The van der Waals surface area contributed by atoms with Gasteiger partial charge in [0, 0.05) is 63.6 Å². The summed E-state index contributed by atoms with van der Waals surface area (Å²) in [5.41, 5.74) is 2.03. The van der Waals surface area contributed by atoms with Crippen LogP contribution in [-0.4, -0.2) is 83.3 Å². The summed E-state index contributed by atoms with van der Waals surface area (Å²) in [5.74, 6) is -0.264. The molecule has 10 heteroatoms. The van der Waals surface area contributed by atoms with Gasteiger partial charge in [0.25, 0.3) is 0 Å². The second kappa shape index (κ2) is 8.51. The molecule has 5 rings (SSSR count). The van der Waals surface area contributed by atoms with Crippen LogP contribution in [0.25, 0.3) is 0 Å². The number of hydrogen-bond acceptors (Lipinski definition) is 7. The molecule has 0 spiro atoms. The molecule has 172 valence electrons. The first-order valence-corrected chi connectivity index (χ1v) is 10.9. The van der Waals surface area contributed by atoms with Gasteiger partial charge in [-0.05, 0) is 29.5 Å². The normalized spacial score (nSPS) is 23.5. The fourth-order valence-electron chi connectivity index (χ4n) is 5.01. The zero-order valence-electron chi connectivity index (χ0n) is 17.7. The fourth-order valence-corrected chi connectivity index (χ4v) is 5.01. The zero-order chi connectivity index (χ0) is 22.2. The highest BCUT2D eigenvalue weighted by Gasteiger charge is 2.42. The number of carbonyl (C=O) groups excluding carboxylic acids is 1. The van der Waals surface area contributed by atoms with Gasteiger partial charge in [0.15, 0.2) is 0 Å². The predicted molar refractivity (Wildman–Crippen MR) is 113 cm³/mol. The van der Waals surface area contributed by atoms with Crippen LogP contribution in [0, 0.1) is 17.7 Å².